The van der Waals surface area contributed by atoms with Crippen molar-refractivity contribution in [1.82, 2.24) is 10.2 Å². The van der Waals surface area contributed by atoms with Crippen molar-refractivity contribution in [3.63, 3.8) is 0 Å². The van der Waals surface area contributed by atoms with E-state index in [0.717, 1.165) is 0 Å². The van der Waals surface area contributed by atoms with Gasteiger partial charge in [0.05, 0.1) is 23.6 Å². The Morgan fingerprint density at radius 2 is 2.00 bits per heavy atom. The molecule has 1 heterocycles. The normalized spacial score (nSPS) is 16.4. The van der Waals surface area contributed by atoms with Crippen LogP contribution in [-0.2, 0) is 0 Å². The Morgan fingerprint density at radius 1 is 1.36 bits per heavy atom. The van der Waals surface area contributed by atoms with Gasteiger partial charge in [0.1, 0.15) is 0 Å². The highest BCUT2D eigenvalue weighted by Crippen LogP contribution is 2.14. The molecular formula is C7H12N2O2. The van der Waals surface area contributed by atoms with Crippen LogP contribution >= 0.6 is 0 Å². The minimum Gasteiger partial charge on any atom is -0.387 e. The van der Waals surface area contributed by atoms with Crippen LogP contribution in [0.3, 0.4) is 0 Å². The van der Waals surface area contributed by atoms with Crippen molar-refractivity contribution < 1.29 is 10.2 Å². The second-order valence-electron chi connectivity index (χ2n) is 2.60. The molecule has 0 bridgehead atoms. The molecule has 2 unspecified atom stereocenters. The monoisotopic (exact) mass is 156 g/mol. The minimum atomic E-state index is -0.584. The van der Waals surface area contributed by atoms with E-state index in [1.165, 1.54) is 0 Å². The van der Waals surface area contributed by atoms with Crippen molar-refractivity contribution in [3.05, 3.63) is 17.5 Å². The van der Waals surface area contributed by atoms with E-state index in [4.69, 9.17) is 10.2 Å². The van der Waals surface area contributed by atoms with Crippen LogP contribution in [0, 0.1) is 0 Å². The third-order valence-electron chi connectivity index (χ3n) is 1.50. The molecule has 0 amide bonds. The van der Waals surface area contributed by atoms with Crippen molar-refractivity contribution in [1.29, 1.82) is 0 Å². The Balaban J connectivity index is 2.82. The van der Waals surface area contributed by atoms with Crippen molar-refractivity contribution in [2.45, 2.75) is 26.1 Å². The summed E-state index contributed by atoms with van der Waals surface area (Å²) in [7, 11) is 0. The van der Waals surface area contributed by atoms with Gasteiger partial charge in [0.2, 0.25) is 0 Å². The highest BCUT2D eigenvalue weighted by Gasteiger charge is 2.08. The maximum atomic E-state index is 9.07. The van der Waals surface area contributed by atoms with Gasteiger partial charge < -0.3 is 10.2 Å². The zero-order chi connectivity index (χ0) is 8.43. The summed E-state index contributed by atoms with van der Waals surface area (Å²) in [5.74, 6) is 0. The lowest BCUT2D eigenvalue weighted by molar-refractivity contribution is 0.193. The predicted molar refractivity (Wildman–Crippen MR) is 39.9 cm³/mol. The van der Waals surface area contributed by atoms with Crippen LogP contribution < -0.4 is 0 Å². The molecule has 0 saturated heterocycles. The van der Waals surface area contributed by atoms with Crippen LogP contribution in [-0.4, -0.2) is 20.4 Å². The summed E-state index contributed by atoms with van der Waals surface area (Å²) in [5, 5.41) is 24.5. The zero-order valence-electron chi connectivity index (χ0n) is 6.57. The molecule has 4 heteroatoms. The van der Waals surface area contributed by atoms with Crippen LogP contribution in [0.2, 0.25) is 0 Å². The lowest BCUT2D eigenvalue weighted by atomic mass is 10.2. The number of rotatable bonds is 2. The topological polar surface area (TPSA) is 69.1 Å². The molecule has 1 aromatic heterocycles. The maximum absolute atomic E-state index is 9.07. The number of aliphatic hydroxyl groups is 2. The first-order valence-electron chi connectivity index (χ1n) is 3.52. The van der Waals surface area contributed by atoms with E-state index in [9.17, 15) is 0 Å². The number of nitrogens with one attached hydrogen (secondary N) is 1. The van der Waals surface area contributed by atoms with E-state index < -0.39 is 12.2 Å². The number of aromatic amines is 1. The molecule has 0 saturated carbocycles. The van der Waals surface area contributed by atoms with Gasteiger partial charge in [0.25, 0.3) is 0 Å². The molecule has 0 fully saturated rings. The molecule has 0 aliphatic rings. The predicted octanol–water partition coefficient (Wildman–Crippen LogP) is 0.516. The van der Waals surface area contributed by atoms with E-state index in [2.05, 4.69) is 10.2 Å². The third-order valence-corrected chi connectivity index (χ3v) is 1.50. The lowest BCUT2D eigenvalue weighted by Crippen LogP contribution is -1.90. The van der Waals surface area contributed by atoms with Crippen molar-refractivity contribution in [3.8, 4) is 0 Å². The summed E-state index contributed by atoms with van der Waals surface area (Å²) in [5.41, 5.74) is 1.18. The van der Waals surface area contributed by atoms with Gasteiger partial charge in [-0.3, -0.25) is 5.10 Å². The molecule has 2 atom stereocenters. The standard InChI is InChI=1S/C7H12N2O2/c1-4(10)6-3-7(5(2)11)9-8-6/h3-5,10-11H,1-2H3,(H,8,9). The average molecular weight is 156 g/mol. The van der Waals surface area contributed by atoms with Gasteiger partial charge in [-0.05, 0) is 19.9 Å². The highest BCUT2D eigenvalue weighted by molar-refractivity contribution is 5.11. The minimum absolute atomic E-state index is 0.556. The molecule has 11 heavy (non-hydrogen) atoms. The number of hydrogen-bond acceptors (Lipinski definition) is 3. The Morgan fingerprint density at radius 3 is 2.27 bits per heavy atom. The number of hydrogen-bond donors (Lipinski definition) is 3. The zero-order valence-corrected chi connectivity index (χ0v) is 6.57. The summed E-state index contributed by atoms with van der Waals surface area (Å²) in [4.78, 5) is 0. The molecule has 4 nitrogen and oxygen atoms in total. The second-order valence-corrected chi connectivity index (χ2v) is 2.60. The van der Waals surface area contributed by atoms with Crippen molar-refractivity contribution >= 4 is 0 Å². The smallest absolute Gasteiger partial charge is 0.0950 e. The first-order valence-corrected chi connectivity index (χ1v) is 3.52. The van der Waals surface area contributed by atoms with E-state index in [1.807, 2.05) is 0 Å². The van der Waals surface area contributed by atoms with Gasteiger partial charge >= 0.3 is 0 Å². The summed E-state index contributed by atoms with van der Waals surface area (Å²) < 4.78 is 0. The Labute approximate surface area is 64.9 Å². The Hall–Kier alpha value is -0.870. The molecule has 0 aromatic carbocycles. The molecule has 0 aliphatic heterocycles. The van der Waals surface area contributed by atoms with Gasteiger partial charge in [-0.15, -0.1) is 0 Å². The largest absolute Gasteiger partial charge is 0.387 e. The second kappa shape index (κ2) is 3.02. The van der Waals surface area contributed by atoms with Crippen LogP contribution in [0.1, 0.15) is 37.4 Å². The Bertz CT molecular complexity index is 208. The molecular weight excluding hydrogens is 144 g/mol. The fraction of sp³-hybridized carbons (Fsp3) is 0.571. The molecule has 0 aliphatic carbocycles. The van der Waals surface area contributed by atoms with Gasteiger partial charge in [-0.1, -0.05) is 0 Å². The van der Waals surface area contributed by atoms with E-state index >= 15 is 0 Å². The first kappa shape index (κ1) is 8.23. The van der Waals surface area contributed by atoms with Crippen LogP contribution in [0.25, 0.3) is 0 Å². The molecule has 1 rings (SSSR count). The van der Waals surface area contributed by atoms with Crippen LogP contribution in [0.4, 0.5) is 0 Å². The molecule has 62 valence electrons. The van der Waals surface area contributed by atoms with E-state index in [-0.39, 0.29) is 0 Å². The first-order chi connectivity index (χ1) is 5.11. The van der Waals surface area contributed by atoms with E-state index in [0.29, 0.717) is 11.4 Å². The molecule has 1 aromatic rings. The van der Waals surface area contributed by atoms with Gasteiger partial charge in [0.15, 0.2) is 0 Å². The van der Waals surface area contributed by atoms with E-state index in [1.54, 1.807) is 19.9 Å². The molecule has 3 N–H and O–H groups in total. The highest BCUT2D eigenvalue weighted by atomic mass is 16.3. The molecule has 0 spiro atoms. The quantitative estimate of drug-likeness (QED) is 0.584. The number of H-pyrrole nitrogens is 1. The summed E-state index contributed by atoms with van der Waals surface area (Å²) in [6, 6.07) is 1.65. The number of nitrogens with zero attached hydrogens (tertiary/aromatic N) is 1. The Kier molecular flexibility index (Phi) is 2.26. The van der Waals surface area contributed by atoms with Crippen LogP contribution in [0.5, 0.6) is 0 Å². The van der Waals surface area contributed by atoms with Crippen LogP contribution in [0.15, 0.2) is 6.07 Å². The molecule has 0 radical (unpaired) electrons. The third kappa shape index (κ3) is 1.78. The van der Waals surface area contributed by atoms with Gasteiger partial charge in [-0.25, -0.2) is 0 Å². The lowest BCUT2D eigenvalue weighted by Gasteiger charge is -1.97. The number of aliphatic hydroxyl groups excluding tert-OH is 2. The van der Waals surface area contributed by atoms with Gasteiger partial charge in [-0.2, -0.15) is 5.10 Å². The average Bonchev–Trinajstić information content (AvgIpc) is 2.33. The summed E-state index contributed by atoms with van der Waals surface area (Å²) >= 11 is 0. The summed E-state index contributed by atoms with van der Waals surface area (Å²) in [6.45, 7) is 3.27. The maximum Gasteiger partial charge on any atom is 0.0950 e. The fourth-order valence-electron chi connectivity index (χ4n) is 0.781. The van der Waals surface area contributed by atoms with Crippen molar-refractivity contribution in [2.24, 2.45) is 0 Å². The SMILES string of the molecule is CC(O)c1cc(C(C)O)[nH]n1. The van der Waals surface area contributed by atoms with Gasteiger partial charge in [0, 0.05) is 0 Å². The van der Waals surface area contributed by atoms with Crippen molar-refractivity contribution in [2.75, 3.05) is 0 Å². The number of aromatic nitrogens is 2. The summed E-state index contributed by atoms with van der Waals surface area (Å²) in [6.07, 6.45) is -1.14. The fourth-order valence-corrected chi connectivity index (χ4v) is 0.781.